The molecule has 0 atom stereocenters. The third-order valence-electron chi connectivity index (χ3n) is 4.57. The summed E-state index contributed by atoms with van der Waals surface area (Å²) in [5.74, 6) is 1.92. The molecule has 7 nitrogen and oxygen atoms in total. The number of anilines is 3. The first kappa shape index (κ1) is 18.6. The molecule has 0 spiro atoms. The number of carbonyl (C=O) groups excluding carboxylic acids is 1. The van der Waals surface area contributed by atoms with Gasteiger partial charge in [-0.15, -0.1) is 0 Å². The molecule has 0 aliphatic carbocycles. The number of nitrogens with one attached hydrogen (secondary N) is 2. The highest BCUT2D eigenvalue weighted by atomic mass is 16.7. The van der Waals surface area contributed by atoms with Gasteiger partial charge in [0, 0.05) is 38.2 Å². The maximum atomic E-state index is 12.4. The third-order valence-corrected chi connectivity index (χ3v) is 4.57. The molecule has 2 heterocycles. The number of amides is 1. The van der Waals surface area contributed by atoms with Crippen molar-refractivity contribution in [2.75, 3.05) is 31.1 Å². The lowest BCUT2D eigenvalue weighted by Crippen LogP contribution is -2.22. The largest absolute Gasteiger partial charge is 0.454 e. The Hall–Kier alpha value is -3.74. The molecular weight excluding hydrogens is 368 g/mol. The Morgan fingerprint density at radius 2 is 1.83 bits per heavy atom. The molecule has 3 aromatic rings. The predicted molar refractivity (Wildman–Crippen MR) is 112 cm³/mol. The standard InChI is InChI=1S/C22H22N4O3/c1-26(2)18-7-5-17(6-8-18)25-21-10-4-16(13-23-21)22(27)24-12-15-3-9-19-20(11-15)29-14-28-19/h3-11,13H,12,14H2,1-2H3,(H,23,25)(H,24,27). The molecule has 0 radical (unpaired) electrons. The smallest absolute Gasteiger partial charge is 0.253 e. The Morgan fingerprint density at radius 3 is 2.55 bits per heavy atom. The Labute approximate surface area is 169 Å². The number of nitrogens with zero attached hydrogens (tertiary/aromatic N) is 2. The van der Waals surface area contributed by atoms with Crippen LogP contribution in [0.2, 0.25) is 0 Å². The zero-order valence-electron chi connectivity index (χ0n) is 16.3. The molecule has 1 aliphatic rings. The first-order valence-electron chi connectivity index (χ1n) is 9.26. The molecule has 1 amide bonds. The van der Waals surface area contributed by atoms with Gasteiger partial charge in [-0.2, -0.15) is 0 Å². The van der Waals surface area contributed by atoms with Crippen molar-refractivity contribution in [2.45, 2.75) is 6.54 Å². The lowest BCUT2D eigenvalue weighted by molar-refractivity contribution is 0.0950. The molecule has 0 unspecified atom stereocenters. The van der Waals surface area contributed by atoms with E-state index in [1.54, 1.807) is 18.3 Å². The number of carbonyl (C=O) groups is 1. The summed E-state index contributed by atoms with van der Waals surface area (Å²) >= 11 is 0. The van der Waals surface area contributed by atoms with E-state index in [4.69, 9.17) is 9.47 Å². The first-order chi connectivity index (χ1) is 14.1. The Bertz CT molecular complexity index is 1000. The van der Waals surface area contributed by atoms with Crippen molar-refractivity contribution in [3.63, 3.8) is 0 Å². The van der Waals surface area contributed by atoms with Gasteiger partial charge in [0.25, 0.3) is 5.91 Å². The van der Waals surface area contributed by atoms with Crippen molar-refractivity contribution in [3.05, 3.63) is 71.9 Å². The van der Waals surface area contributed by atoms with Gasteiger partial charge in [0.15, 0.2) is 11.5 Å². The molecule has 4 rings (SSSR count). The lowest BCUT2D eigenvalue weighted by atomic mass is 10.2. The van der Waals surface area contributed by atoms with Gasteiger partial charge in [0.1, 0.15) is 5.82 Å². The van der Waals surface area contributed by atoms with Crippen LogP contribution in [0.1, 0.15) is 15.9 Å². The molecule has 0 saturated heterocycles. The van der Waals surface area contributed by atoms with E-state index in [9.17, 15) is 4.79 Å². The molecule has 148 valence electrons. The summed E-state index contributed by atoms with van der Waals surface area (Å²) in [6.07, 6.45) is 1.56. The van der Waals surface area contributed by atoms with E-state index < -0.39 is 0 Å². The highest BCUT2D eigenvalue weighted by Gasteiger charge is 2.14. The Balaban J connectivity index is 1.34. The van der Waals surface area contributed by atoms with Crippen LogP contribution >= 0.6 is 0 Å². The van der Waals surface area contributed by atoms with Crippen LogP contribution in [0.25, 0.3) is 0 Å². The number of ether oxygens (including phenoxy) is 2. The second-order valence-corrected chi connectivity index (χ2v) is 6.87. The van der Waals surface area contributed by atoms with Crippen molar-refractivity contribution in [1.29, 1.82) is 0 Å². The maximum absolute atomic E-state index is 12.4. The quantitative estimate of drug-likeness (QED) is 0.670. The van der Waals surface area contributed by atoms with Crippen molar-refractivity contribution >= 4 is 23.1 Å². The van der Waals surface area contributed by atoms with Crippen LogP contribution in [0, 0.1) is 0 Å². The van der Waals surface area contributed by atoms with Crippen molar-refractivity contribution < 1.29 is 14.3 Å². The summed E-state index contributed by atoms with van der Waals surface area (Å²) in [5, 5.41) is 6.12. The predicted octanol–water partition coefficient (Wildman–Crippen LogP) is 3.55. The van der Waals surface area contributed by atoms with Gasteiger partial charge in [-0.3, -0.25) is 4.79 Å². The Kier molecular flexibility index (Phi) is 5.20. The van der Waals surface area contributed by atoms with E-state index in [2.05, 4.69) is 15.6 Å². The molecule has 7 heteroatoms. The van der Waals surface area contributed by atoms with E-state index in [1.165, 1.54) is 0 Å². The number of pyridine rings is 1. The van der Waals surface area contributed by atoms with Crippen molar-refractivity contribution in [3.8, 4) is 11.5 Å². The van der Waals surface area contributed by atoms with E-state index in [1.807, 2.05) is 61.5 Å². The van der Waals surface area contributed by atoms with Gasteiger partial charge in [0.05, 0.1) is 5.56 Å². The summed E-state index contributed by atoms with van der Waals surface area (Å²) in [6.45, 7) is 0.630. The minimum absolute atomic E-state index is 0.183. The van der Waals surface area contributed by atoms with E-state index in [0.717, 1.165) is 22.7 Å². The van der Waals surface area contributed by atoms with E-state index in [0.29, 0.717) is 23.7 Å². The highest BCUT2D eigenvalue weighted by Crippen LogP contribution is 2.32. The van der Waals surface area contributed by atoms with Crippen LogP contribution < -0.4 is 25.0 Å². The fraction of sp³-hybridized carbons (Fsp3) is 0.182. The van der Waals surface area contributed by atoms with Crippen molar-refractivity contribution in [2.24, 2.45) is 0 Å². The first-order valence-corrected chi connectivity index (χ1v) is 9.26. The van der Waals surface area contributed by atoms with E-state index >= 15 is 0 Å². The van der Waals surface area contributed by atoms with Crippen LogP contribution in [0.3, 0.4) is 0 Å². The second-order valence-electron chi connectivity index (χ2n) is 6.87. The normalized spacial score (nSPS) is 11.8. The molecule has 2 aromatic carbocycles. The number of hydrogen-bond donors (Lipinski definition) is 2. The number of fused-ring (bicyclic) bond motifs is 1. The monoisotopic (exact) mass is 390 g/mol. The summed E-state index contributed by atoms with van der Waals surface area (Å²) in [5.41, 5.74) is 3.50. The molecular formula is C22H22N4O3. The van der Waals surface area contributed by atoms with Crippen molar-refractivity contribution in [1.82, 2.24) is 10.3 Å². The number of aromatic nitrogens is 1. The van der Waals surface area contributed by atoms with Crippen LogP contribution in [0.4, 0.5) is 17.2 Å². The molecule has 1 aliphatic heterocycles. The van der Waals surface area contributed by atoms with Crippen LogP contribution in [0.15, 0.2) is 60.8 Å². The summed E-state index contributed by atoms with van der Waals surface area (Å²) < 4.78 is 10.6. The van der Waals surface area contributed by atoms with Gasteiger partial charge in [0.2, 0.25) is 6.79 Å². The van der Waals surface area contributed by atoms with Crippen LogP contribution in [-0.2, 0) is 6.54 Å². The van der Waals surface area contributed by atoms with Crippen LogP contribution in [0.5, 0.6) is 11.5 Å². The van der Waals surface area contributed by atoms with Gasteiger partial charge < -0.3 is 25.0 Å². The number of benzene rings is 2. The fourth-order valence-electron chi connectivity index (χ4n) is 2.93. The Morgan fingerprint density at radius 1 is 1.03 bits per heavy atom. The molecule has 0 bridgehead atoms. The lowest BCUT2D eigenvalue weighted by Gasteiger charge is -2.13. The summed E-state index contributed by atoms with van der Waals surface area (Å²) in [4.78, 5) is 18.8. The average Bonchev–Trinajstić information content (AvgIpc) is 3.21. The summed E-state index contributed by atoms with van der Waals surface area (Å²) in [7, 11) is 4.00. The summed E-state index contributed by atoms with van der Waals surface area (Å²) in [6, 6.07) is 17.2. The second kappa shape index (κ2) is 8.10. The molecule has 0 saturated carbocycles. The highest BCUT2D eigenvalue weighted by molar-refractivity contribution is 5.94. The number of hydrogen-bond acceptors (Lipinski definition) is 6. The van der Waals surface area contributed by atoms with E-state index in [-0.39, 0.29) is 12.7 Å². The SMILES string of the molecule is CN(C)c1ccc(Nc2ccc(C(=O)NCc3ccc4c(c3)OCO4)cn2)cc1. The fourth-order valence-corrected chi connectivity index (χ4v) is 2.93. The average molecular weight is 390 g/mol. The van der Waals surface area contributed by atoms with Gasteiger partial charge >= 0.3 is 0 Å². The zero-order chi connectivity index (χ0) is 20.2. The molecule has 2 N–H and O–H groups in total. The zero-order valence-corrected chi connectivity index (χ0v) is 16.3. The molecule has 29 heavy (non-hydrogen) atoms. The van der Waals surface area contributed by atoms with Gasteiger partial charge in [-0.05, 0) is 54.1 Å². The molecule has 0 fully saturated rings. The van der Waals surface area contributed by atoms with Gasteiger partial charge in [-0.1, -0.05) is 6.07 Å². The molecule has 1 aromatic heterocycles. The van der Waals surface area contributed by atoms with Gasteiger partial charge in [-0.25, -0.2) is 4.98 Å². The van der Waals surface area contributed by atoms with Crippen LogP contribution in [-0.4, -0.2) is 31.8 Å². The maximum Gasteiger partial charge on any atom is 0.253 e. The minimum Gasteiger partial charge on any atom is -0.454 e. The topological polar surface area (TPSA) is 75.7 Å². The third kappa shape index (κ3) is 4.40. The number of rotatable bonds is 6. The minimum atomic E-state index is -0.183.